The summed E-state index contributed by atoms with van der Waals surface area (Å²) >= 11 is 0. The number of benzene rings is 1. The van der Waals surface area contributed by atoms with Gasteiger partial charge in [0.15, 0.2) is 5.69 Å². The van der Waals surface area contributed by atoms with Crippen LogP contribution in [0.5, 0.6) is 0 Å². The minimum Gasteiger partial charge on any atom is -0.468 e. The monoisotopic (exact) mass is 340 g/mol. The van der Waals surface area contributed by atoms with E-state index in [1.54, 1.807) is 30.5 Å². The van der Waals surface area contributed by atoms with Gasteiger partial charge in [-0.3, -0.25) is 14.5 Å². The zero-order valence-electron chi connectivity index (χ0n) is 14.4. The molecule has 3 aromatic rings. The van der Waals surface area contributed by atoms with Gasteiger partial charge >= 0.3 is 0 Å². The van der Waals surface area contributed by atoms with Crippen molar-refractivity contribution >= 4 is 16.7 Å². The minimum atomic E-state index is -0.329. The number of nitrogens with zero attached hydrogens (tertiary/aromatic N) is 3. The lowest BCUT2D eigenvalue weighted by Crippen LogP contribution is -2.36. The van der Waals surface area contributed by atoms with Crippen LogP contribution in [0.1, 0.15) is 22.3 Å². The predicted molar refractivity (Wildman–Crippen MR) is 94.5 cm³/mol. The number of furan rings is 1. The molecule has 7 nitrogen and oxygen atoms in total. The van der Waals surface area contributed by atoms with Crippen molar-refractivity contribution in [2.75, 3.05) is 20.6 Å². The van der Waals surface area contributed by atoms with Gasteiger partial charge < -0.3 is 9.73 Å². The van der Waals surface area contributed by atoms with Crippen molar-refractivity contribution in [2.24, 2.45) is 7.05 Å². The maximum atomic E-state index is 12.7. The third-order valence-corrected chi connectivity index (χ3v) is 4.12. The summed E-state index contributed by atoms with van der Waals surface area (Å²) in [5.41, 5.74) is 0.00329. The molecule has 0 aliphatic carbocycles. The topological polar surface area (TPSA) is 80.4 Å². The van der Waals surface area contributed by atoms with Crippen LogP contribution in [-0.4, -0.2) is 41.2 Å². The zero-order valence-corrected chi connectivity index (χ0v) is 14.4. The number of rotatable bonds is 5. The van der Waals surface area contributed by atoms with Crippen LogP contribution in [0, 0.1) is 0 Å². The Morgan fingerprint density at radius 1 is 1.24 bits per heavy atom. The highest BCUT2D eigenvalue weighted by Gasteiger charge is 2.20. The van der Waals surface area contributed by atoms with E-state index in [0.717, 1.165) is 5.76 Å². The molecule has 1 N–H and O–H groups in total. The molecule has 2 aromatic heterocycles. The van der Waals surface area contributed by atoms with E-state index in [2.05, 4.69) is 10.4 Å². The molecule has 0 radical (unpaired) electrons. The van der Waals surface area contributed by atoms with Gasteiger partial charge in [0.05, 0.1) is 17.7 Å². The van der Waals surface area contributed by atoms with Crippen LogP contribution in [0.4, 0.5) is 0 Å². The average molecular weight is 340 g/mol. The van der Waals surface area contributed by atoms with Crippen LogP contribution in [0.15, 0.2) is 51.9 Å². The van der Waals surface area contributed by atoms with E-state index < -0.39 is 0 Å². The van der Waals surface area contributed by atoms with Crippen molar-refractivity contribution in [2.45, 2.75) is 6.04 Å². The quantitative estimate of drug-likeness (QED) is 0.762. The molecular formula is C18H20N4O3. The summed E-state index contributed by atoms with van der Waals surface area (Å²) in [6, 6.07) is 10.6. The number of fused-ring (bicyclic) bond motifs is 1. The Bertz CT molecular complexity index is 945. The molecule has 0 spiro atoms. The fourth-order valence-corrected chi connectivity index (χ4v) is 2.76. The smallest absolute Gasteiger partial charge is 0.274 e. The fourth-order valence-electron chi connectivity index (χ4n) is 2.76. The van der Waals surface area contributed by atoms with Crippen molar-refractivity contribution in [3.05, 3.63) is 64.5 Å². The van der Waals surface area contributed by atoms with Gasteiger partial charge in [-0.1, -0.05) is 18.2 Å². The Hall–Kier alpha value is -2.93. The van der Waals surface area contributed by atoms with E-state index in [4.69, 9.17) is 4.42 Å². The van der Waals surface area contributed by atoms with Crippen molar-refractivity contribution in [3.8, 4) is 0 Å². The first kappa shape index (κ1) is 16.9. The molecule has 0 fully saturated rings. The Balaban J connectivity index is 1.88. The van der Waals surface area contributed by atoms with E-state index in [1.165, 1.54) is 11.7 Å². The van der Waals surface area contributed by atoms with Crippen molar-refractivity contribution in [1.82, 2.24) is 20.0 Å². The number of carbonyl (C=O) groups is 1. The van der Waals surface area contributed by atoms with Crippen LogP contribution in [-0.2, 0) is 7.05 Å². The second kappa shape index (κ2) is 6.90. The molecule has 0 saturated heterocycles. The number of likely N-dealkylation sites (N-methyl/N-ethyl adjacent to an activating group) is 1. The third-order valence-electron chi connectivity index (χ3n) is 4.12. The SMILES string of the molecule is CN(C)C(CNC(=O)c1nn(C)c(=O)c2ccccc12)c1ccco1. The largest absolute Gasteiger partial charge is 0.468 e. The number of hydrogen-bond acceptors (Lipinski definition) is 5. The molecule has 0 aliphatic rings. The second-order valence-electron chi connectivity index (χ2n) is 6.03. The lowest BCUT2D eigenvalue weighted by Gasteiger charge is -2.22. The Kier molecular flexibility index (Phi) is 4.67. The number of aromatic nitrogens is 2. The molecule has 0 bridgehead atoms. The highest BCUT2D eigenvalue weighted by molar-refractivity contribution is 6.04. The van der Waals surface area contributed by atoms with Crippen LogP contribution in [0.25, 0.3) is 10.8 Å². The van der Waals surface area contributed by atoms with Gasteiger partial charge in [-0.15, -0.1) is 0 Å². The maximum absolute atomic E-state index is 12.7. The summed E-state index contributed by atoms with van der Waals surface area (Å²) in [7, 11) is 5.37. The summed E-state index contributed by atoms with van der Waals surface area (Å²) in [5.74, 6) is 0.439. The number of carbonyl (C=O) groups excluding carboxylic acids is 1. The van der Waals surface area contributed by atoms with E-state index in [9.17, 15) is 9.59 Å². The van der Waals surface area contributed by atoms with Crippen LogP contribution >= 0.6 is 0 Å². The normalized spacial score (nSPS) is 12.5. The molecule has 2 heterocycles. The Morgan fingerprint density at radius 3 is 2.60 bits per heavy atom. The lowest BCUT2D eigenvalue weighted by molar-refractivity contribution is 0.0933. The highest BCUT2D eigenvalue weighted by Crippen LogP contribution is 2.18. The lowest BCUT2D eigenvalue weighted by atomic mass is 10.1. The van der Waals surface area contributed by atoms with Crippen LogP contribution < -0.4 is 10.9 Å². The third kappa shape index (κ3) is 3.32. The van der Waals surface area contributed by atoms with Crippen molar-refractivity contribution in [3.63, 3.8) is 0 Å². The van der Waals surface area contributed by atoms with Gasteiger partial charge in [-0.2, -0.15) is 5.10 Å². The maximum Gasteiger partial charge on any atom is 0.274 e. The Labute approximate surface area is 144 Å². The first-order valence-electron chi connectivity index (χ1n) is 7.93. The van der Waals surface area contributed by atoms with Gasteiger partial charge in [0.2, 0.25) is 0 Å². The number of nitrogens with one attached hydrogen (secondary N) is 1. The predicted octanol–water partition coefficient (Wildman–Crippen LogP) is 1.56. The summed E-state index contributed by atoms with van der Waals surface area (Å²) in [6.45, 7) is 0.359. The summed E-state index contributed by atoms with van der Waals surface area (Å²) in [4.78, 5) is 26.8. The van der Waals surface area contributed by atoms with Crippen molar-refractivity contribution in [1.29, 1.82) is 0 Å². The molecule has 1 aromatic carbocycles. The van der Waals surface area contributed by atoms with E-state index >= 15 is 0 Å². The van der Waals surface area contributed by atoms with Crippen LogP contribution in [0.2, 0.25) is 0 Å². The minimum absolute atomic E-state index is 0.0993. The molecule has 3 rings (SSSR count). The molecule has 130 valence electrons. The molecule has 7 heteroatoms. The first-order valence-corrected chi connectivity index (χ1v) is 7.93. The van der Waals surface area contributed by atoms with Gasteiger partial charge in [0, 0.05) is 19.0 Å². The standard InChI is InChI=1S/C18H20N4O3/c1-21(2)14(15-9-6-10-25-15)11-19-17(23)16-12-7-4-5-8-13(12)18(24)22(3)20-16/h4-10,14H,11H2,1-3H3,(H,19,23). The molecule has 1 atom stereocenters. The van der Waals surface area contributed by atoms with Gasteiger partial charge in [0.1, 0.15) is 5.76 Å². The number of hydrogen-bond donors (Lipinski definition) is 1. The first-order chi connectivity index (χ1) is 12.0. The van der Waals surface area contributed by atoms with Gasteiger partial charge in [-0.25, -0.2) is 4.68 Å². The highest BCUT2D eigenvalue weighted by atomic mass is 16.3. The summed E-state index contributed by atoms with van der Waals surface area (Å²) in [5, 5.41) is 8.05. The van der Waals surface area contributed by atoms with E-state index in [0.29, 0.717) is 17.3 Å². The molecule has 0 saturated carbocycles. The van der Waals surface area contributed by atoms with Gasteiger partial charge in [-0.05, 0) is 32.3 Å². The fraction of sp³-hybridized carbons (Fsp3) is 0.278. The zero-order chi connectivity index (χ0) is 18.0. The molecule has 1 amide bonds. The molecule has 0 aliphatic heterocycles. The van der Waals surface area contributed by atoms with E-state index in [-0.39, 0.29) is 23.2 Å². The van der Waals surface area contributed by atoms with E-state index in [1.807, 2.05) is 31.1 Å². The molecule has 1 unspecified atom stereocenters. The molecule has 25 heavy (non-hydrogen) atoms. The van der Waals surface area contributed by atoms with Gasteiger partial charge in [0.25, 0.3) is 11.5 Å². The number of aryl methyl sites for hydroxylation is 1. The number of amides is 1. The average Bonchev–Trinajstić information content (AvgIpc) is 3.12. The summed E-state index contributed by atoms with van der Waals surface area (Å²) in [6.07, 6.45) is 1.61. The van der Waals surface area contributed by atoms with Crippen molar-refractivity contribution < 1.29 is 9.21 Å². The Morgan fingerprint density at radius 2 is 1.96 bits per heavy atom. The van der Waals surface area contributed by atoms with Crippen LogP contribution in [0.3, 0.4) is 0 Å². The summed E-state index contributed by atoms with van der Waals surface area (Å²) < 4.78 is 6.63. The molecular weight excluding hydrogens is 320 g/mol. The second-order valence-corrected chi connectivity index (χ2v) is 6.03.